The monoisotopic (exact) mass is 632 g/mol. The number of esters is 4. The second-order valence-electron chi connectivity index (χ2n) is 13.0. The molecule has 45 heavy (non-hydrogen) atoms. The molecule has 1 aromatic rings. The van der Waals surface area contributed by atoms with Crippen LogP contribution >= 0.6 is 0 Å². The summed E-state index contributed by atoms with van der Waals surface area (Å²) in [6.07, 6.45) is 8.12. The first-order valence-electron chi connectivity index (χ1n) is 17.1. The molecule has 0 aliphatic heterocycles. The average Bonchev–Trinajstić information content (AvgIpc) is 2.98. The third-order valence-electron chi connectivity index (χ3n) is 8.61. The highest BCUT2D eigenvalue weighted by Crippen LogP contribution is 2.43. The van der Waals surface area contributed by atoms with E-state index in [0.717, 1.165) is 24.8 Å². The summed E-state index contributed by atoms with van der Waals surface area (Å²) in [5, 5.41) is 0. The number of rotatable bonds is 17. The van der Waals surface area contributed by atoms with E-state index in [4.69, 9.17) is 18.9 Å². The first-order chi connectivity index (χ1) is 21.4. The quantitative estimate of drug-likeness (QED) is 0.126. The maximum atomic E-state index is 12.8. The minimum absolute atomic E-state index is 0.0340. The molecule has 0 heterocycles. The van der Waals surface area contributed by atoms with Crippen molar-refractivity contribution in [2.24, 2.45) is 28.6 Å². The lowest BCUT2D eigenvalue weighted by atomic mass is 9.68. The topological polar surface area (TPSA) is 105 Å². The predicted molar refractivity (Wildman–Crippen MR) is 176 cm³/mol. The Bertz CT molecular complexity index is 1010. The molecule has 0 radical (unpaired) electrons. The van der Waals surface area contributed by atoms with E-state index >= 15 is 0 Å². The van der Waals surface area contributed by atoms with Gasteiger partial charge in [-0.3, -0.25) is 19.2 Å². The molecule has 0 saturated heterocycles. The number of carbonyl (C=O) groups is 4. The van der Waals surface area contributed by atoms with Crippen LogP contribution in [0.4, 0.5) is 0 Å². The van der Waals surface area contributed by atoms with E-state index in [1.807, 2.05) is 51.1 Å². The molecule has 1 aliphatic rings. The van der Waals surface area contributed by atoms with E-state index in [1.54, 1.807) is 20.8 Å². The van der Waals surface area contributed by atoms with E-state index in [2.05, 4.69) is 13.8 Å². The number of hydrogen-bond donors (Lipinski definition) is 0. The zero-order valence-corrected chi connectivity index (χ0v) is 29.3. The van der Waals surface area contributed by atoms with Crippen LogP contribution in [0, 0.1) is 28.6 Å². The second kappa shape index (κ2) is 21.0. The van der Waals surface area contributed by atoms with Crippen molar-refractivity contribution >= 4 is 23.9 Å². The molecular weight excluding hydrogens is 572 g/mol. The fraction of sp³-hybridized carbons (Fsp3) is 0.730. The fourth-order valence-electron chi connectivity index (χ4n) is 6.52. The Kier molecular flexibility index (Phi) is 18.7. The third kappa shape index (κ3) is 13.5. The maximum Gasteiger partial charge on any atom is 0.313 e. The Morgan fingerprint density at radius 1 is 0.711 bits per heavy atom. The van der Waals surface area contributed by atoms with Gasteiger partial charge >= 0.3 is 23.9 Å². The van der Waals surface area contributed by atoms with Crippen molar-refractivity contribution in [2.75, 3.05) is 26.4 Å². The minimum atomic E-state index is -0.899. The molecule has 0 amide bonds. The first kappa shape index (κ1) is 40.1. The lowest BCUT2D eigenvalue weighted by Crippen LogP contribution is -2.42. The average molecular weight is 633 g/mol. The third-order valence-corrected chi connectivity index (χ3v) is 8.61. The highest BCUT2D eigenvalue weighted by atomic mass is 16.5. The lowest BCUT2D eigenvalue weighted by Gasteiger charge is -2.36. The van der Waals surface area contributed by atoms with Crippen molar-refractivity contribution in [3.8, 4) is 0 Å². The minimum Gasteiger partial charge on any atom is -0.466 e. The Balaban J connectivity index is 0.000000450. The van der Waals surface area contributed by atoms with Gasteiger partial charge in [0.05, 0.1) is 50.1 Å². The Labute approximate surface area is 272 Å². The van der Waals surface area contributed by atoms with E-state index in [-0.39, 0.29) is 42.6 Å². The zero-order valence-electron chi connectivity index (χ0n) is 29.3. The number of ether oxygens (including phenoxy) is 4. The molecule has 0 aromatic heterocycles. The van der Waals surface area contributed by atoms with Gasteiger partial charge in [-0.15, -0.1) is 0 Å². The molecule has 1 fully saturated rings. The summed E-state index contributed by atoms with van der Waals surface area (Å²) >= 11 is 0. The molecule has 1 aromatic carbocycles. The van der Waals surface area contributed by atoms with Crippen LogP contribution in [-0.4, -0.2) is 50.3 Å². The van der Waals surface area contributed by atoms with Gasteiger partial charge in [0.2, 0.25) is 0 Å². The van der Waals surface area contributed by atoms with Crippen LogP contribution in [0.1, 0.15) is 119 Å². The molecule has 8 heteroatoms. The van der Waals surface area contributed by atoms with Crippen molar-refractivity contribution in [3.05, 3.63) is 35.9 Å². The van der Waals surface area contributed by atoms with E-state index < -0.39 is 10.8 Å². The highest BCUT2D eigenvalue weighted by molar-refractivity contribution is 5.84. The van der Waals surface area contributed by atoms with Crippen molar-refractivity contribution in [2.45, 2.75) is 120 Å². The standard InChI is InChI=1S/C19H34O4.C18H26O4/c1-5-22-17(20)14-19(12-15(3)4,18(21)23-6-2)13-16-10-8-7-9-11-16;1-5-21-16(19)13-18(14(3)4,17(20)22-6-2)12-15-10-8-7-9-11-15/h15-16H,5-14H2,1-4H3;7-11,14H,5-6,12-13H2,1-4H3. The molecule has 2 atom stereocenters. The summed E-state index contributed by atoms with van der Waals surface area (Å²) in [6, 6.07) is 9.70. The largest absolute Gasteiger partial charge is 0.466 e. The summed E-state index contributed by atoms with van der Waals surface area (Å²) in [4.78, 5) is 49.6. The molecule has 2 rings (SSSR count). The smallest absolute Gasteiger partial charge is 0.313 e. The van der Waals surface area contributed by atoms with Crippen LogP contribution < -0.4 is 0 Å². The zero-order chi connectivity index (χ0) is 33.9. The van der Waals surface area contributed by atoms with Crippen LogP contribution in [0.15, 0.2) is 30.3 Å². The molecule has 256 valence electrons. The van der Waals surface area contributed by atoms with Crippen molar-refractivity contribution in [3.63, 3.8) is 0 Å². The van der Waals surface area contributed by atoms with Gasteiger partial charge in [0.15, 0.2) is 0 Å². The molecule has 0 bridgehead atoms. The maximum absolute atomic E-state index is 12.8. The van der Waals surface area contributed by atoms with Crippen LogP contribution in [0.2, 0.25) is 0 Å². The number of benzene rings is 1. The van der Waals surface area contributed by atoms with Crippen LogP contribution in [0.5, 0.6) is 0 Å². The van der Waals surface area contributed by atoms with Gasteiger partial charge in [0, 0.05) is 0 Å². The van der Waals surface area contributed by atoms with E-state index in [9.17, 15) is 19.2 Å². The Hall–Kier alpha value is -2.90. The molecule has 1 aliphatic carbocycles. The van der Waals surface area contributed by atoms with Gasteiger partial charge in [0.1, 0.15) is 0 Å². The SMILES string of the molecule is CCOC(=O)CC(CC(C)C)(CC1CCCCC1)C(=O)OCC.CCOC(=O)CC(Cc1ccccc1)(C(=O)OCC)C(C)C. The molecular formula is C37H60O8. The summed E-state index contributed by atoms with van der Waals surface area (Å²) in [7, 11) is 0. The van der Waals surface area contributed by atoms with Crippen LogP contribution in [-0.2, 0) is 44.5 Å². The van der Waals surface area contributed by atoms with Crippen molar-refractivity contribution in [1.29, 1.82) is 0 Å². The first-order valence-corrected chi connectivity index (χ1v) is 17.1. The predicted octanol–water partition coefficient (Wildman–Crippen LogP) is 7.89. The van der Waals surface area contributed by atoms with E-state index in [1.165, 1.54) is 19.3 Å². The Morgan fingerprint density at radius 2 is 1.22 bits per heavy atom. The van der Waals surface area contributed by atoms with Crippen molar-refractivity contribution < 1.29 is 38.1 Å². The fourth-order valence-corrected chi connectivity index (χ4v) is 6.52. The van der Waals surface area contributed by atoms with Gasteiger partial charge in [-0.05, 0) is 70.3 Å². The summed E-state index contributed by atoms with van der Waals surface area (Å²) in [6.45, 7) is 16.5. The van der Waals surface area contributed by atoms with Crippen LogP contribution in [0.25, 0.3) is 0 Å². The molecule has 1 saturated carbocycles. The lowest BCUT2D eigenvalue weighted by molar-refractivity contribution is -0.165. The summed E-state index contributed by atoms with van der Waals surface area (Å²) in [5.74, 6) is -0.388. The van der Waals surface area contributed by atoms with Gasteiger partial charge in [-0.1, -0.05) is 90.1 Å². The molecule has 0 N–H and O–H groups in total. The molecule has 2 unspecified atom stereocenters. The second-order valence-corrected chi connectivity index (χ2v) is 13.0. The van der Waals surface area contributed by atoms with Crippen LogP contribution in [0.3, 0.4) is 0 Å². The van der Waals surface area contributed by atoms with Gasteiger partial charge < -0.3 is 18.9 Å². The summed E-state index contributed by atoms with van der Waals surface area (Å²) in [5.41, 5.74) is -0.615. The Morgan fingerprint density at radius 3 is 1.71 bits per heavy atom. The number of carbonyl (C=O) groups excluding carboxylic acids is 4. The normalized spacial score (nSPS) is 16.0. The van der Waals surface area contributed by atoms with Gasteiger partial charge in [-0.25, -0.2) is 0 Å². The molecule has 8 nitrogen and oxygen atoms in total. The van der Waals surface area contributed by atoms with E-state index in [0.29, 0.717) is 51.1 Å². The summed E-state index contributed by atoms with van der Waals surface area (Å²) < 4.78 is 20.9. The van der Waals surface area contributed by atoms with Crippen molar-refractivity contribution in [1.82, 2.24) is 0 Å². The van der Waals surface area contributed by atoms with Gasteiger partial charge in [-0.2, -0.15) is 0 Å². The molecule has 0 spiro atoms. The van der Waals surface area contributed by atoms with Gasteiger partial charge in [0.25, 0.3) is 0 Å². The number of hydrogen-bond acceptors (Lipinski definition) is 8. The highest BCUT2D eigenvalue weighted by Gasteiger charge is 2.46.